The number of hydrogen-bond donors (Lipinski definition) is 2. The molecule has 2 rings (SSSR count). The molecule has 1 heterocycles. The van der Waals surface area contributed by atoms with Crippen molar-refractivity contribution in [2.24, 2.45) is 0 Å². The monoisotopic (exact) mass is 304 g/mol. The van der Waals surface area contributed by atoms with Crippen molar-refractivity contribution in [1.82, 2.24) is 10.3 Å². The Hall–Kier alpha value is -2.21. The van der Waals surface area contributed by atoms with Gasteiger partial charge in [0, 0.05) is 10.9 Å². The number of carbonyl (C=O) groups is 2. The van der Waals surface area contributed by atoms with E-state index in [-0.39, 0.29) is 12.3 Å². The van der Waals surface area contributed by atoms with Crippen molar-refractivity contribution in [1.29, 1.82) is 0 Å². The predicted octanol–water partition coefficient (Wildman–Crippen LogP) is 2.25. The van der Waals surface area contributed by atoms with E-state index >= 15 is 0 Å². The molecule has 1 amide bonds. The molecule has 0 saturated carbocycles. The molecule has 1 aromatic carbocycles. The van der Waals surface area contributed by atoms with E-state index in [1.165, 1.54) is 18.3 Å². The van der Waals surface area contributed by atoms with Crippen LogP contribution in [0.1, 0.15) is 18.2 Å². The summed E-state index contributed by atoms with van der Waals surface area (Å²) in [5.41, 5.74) is 2.81. The molecule has 21 heavy (non-hydrogen) atoms. The van der Waals surface area contributed by atoms with Gasteiger partial charge in [0.2, 0.25) is 5.91 Å². The van der Waals surface area contributed by atoms with Crippen LogP contribution in [0.4, 0.5) is 0 Å². The summed E-state index contributed by atoms with van der Waals surface area (Å²) in [5, 5.41) is 13.8. The van der Waals surface area contributed by atoms with E-state index < -0.39 is 12.0 Å². The number of carbonyl (C=O) groups excluding carboxylic acids is 1. The zero-order valence-electron chi connectivity index (χ0n) is 11.8. The van der Waals surface area contributed by atoms with E-state index in [0.717, 1.165) is 16.1 Å². The third-order valence-corrected chi connectivity index (χ3v) is 3.85. The first-order valence-corrected chi connectivity index (χ1v) is 7.37. The number of rotatable bonds is 5. The van der Waals surface area contributed by atoms with Crippen LogP contribution < -0.4 is 5.32 Å². The zero-order chi connectivity index (χ0) is 15.4. The topological polar surface area (TPSA) is 79.3 Å². The summed E-state index contributed by atoms with van der Waals surface area (Å²) in [7, 11) is 0. The molecule has 0 aliphatic heterocycles. The number of hydrogen-bond acceptors (Lipinski definition) is 4. The van der Waals surface area contributed by atoms with Crippen molar-refractivity contribution in [2.75, 3.05) is 0 Å². The number of aliphatic carboxylic acids is 1. The van der Waals surface area contributed by atoms with E-state index in [2.05, 4.69) is 10.3 Å². The fraction of sp³-hybridized carbons (Fsp3) is 0.267. The highest BCUT2D eigenvalue weighted by Gasteiger charge is 2.15. The summed E-state index contributed by atoms with van der Waals surface area (Å²) < 4.78 is 0. The first kappa shape index (κ1) is 15.2. The van der Waals surface area contributed by atoms with Crippen LogP contribution in [-0.2, 0) is 16.0 Å². The summed E-state index contributed by atoms with van der Waals surface area (Å²) in [4.78, 5) is 26.8. The van der Waals surface area contributed by atoms with Gasteiger partial charge in [-0.15, -0.1) is 11.3 Å². The molecule has 5 nitrogen and oxygen atoms in total. The number of thiazole rings is 1. The number of carboxylic acid groups (broad SMARTS) is 1. The van der Waals surface area contributed by atoms with Crippen molar-refractivity contribution in [3.63, 3.8) is 0 Å². The van der Waals surface area contributed by atoms with E-state index in [1.807, 2.05) is 36.6 Å². The Balaban J connectivity index is 2.03. The van der Waals surface area contributed by atoms with Crippen LogP contribution in [0.2, 0.25) is 0 Å². The van der Waals surface area contributed by atoms with E-state index in [9.17, 15) is 9.59 Å². The minimum atomic E-state index is -1.05. The number of amides is 1. The number of benzene rings is 1. The summed E-state index contributed by atoms with van der Waals surface area (Å²) in [6.45, 7) is 3.44. The Labute approximate surface area is 126 Å². The third kappa shape index (κ3) is 4.13. The highest BCUT2D eigenvalue weighted by atomic mass is 32.1. The van der Waals surface area contributed by atoms with Crippen molar-refractivity contribution >= 4 is 23.2 Å². The van der Waals surface area contributed by atoms with Crippen molar-refractivity contribution in [2.45, 2.75) is 26.3 Å². The lowest BCUT2D eigenvalue weighted by Gasteiger charge is -2.07. The van der Waals surface area contributed by atoms with Crippen molar-refractivity contribution in [3.05, 3.63) is 40.9 Å². The van der Waals surface area contributed by atoms with Crippen LogP contribution >= 0.6 is 11.3 Å². The fourth-order valence-corrected chi connectivity index (χ4v) is 2.63. The second kappa shape index (κ2) is 6.49. The van der Waals surface area contributed by atoms with E-state index in [0.29, 0.717) is 5.69 Å². The maximum absolute atomic E-state index is 11.7. The summed E-state index contributed by atoms with van der Waals surface area (Å²) in [6, 6.07) is 7.09. The van der Waals surface area contributed by atoms with Crippen LogP contribution in [0.15, 0.2) is 29.6 Å². The van der Waals surface area contributed by atoms with Gasteiger partial charge < -0.3 is 10.4 Å². The number of nitrogens with zero attached hydrogens (tertiary/aromatic N) is 1. The van der Waals surface area contributed by atoms with Crippen LogP contribution in [0.5, 0.6) is 0 Å². The first-order valence-electron chi connectivity index (χ1n) is 6.49. The molecule has 1 atom stereocenters. The van der Waals surface area contributed by atoms with Gasteiger partial charge in [-0.2, -0.15) is 0 Å². The molecule has 0 spiro atoms. The van der Waals surface area contributed by atoms with Gasteiger partial charge in [0.15, 0.2) is 0 Å². The molecule has 0 radical (unpaired) electrons. The Bertz CT molecular complexity index is 666. The van der Waals surface area contributed by atoms with Gasteiger partial charge in [0.25, 0.3) is 0 Å². The maximum atomic E-state index is 11.7. The first-order chi connectivity index (χ1) is 9.95. The molecular weight excluding hydrogens is 288 g/mol. The third-order valence-electron chi connectivity index (χ3n) is 2.91. The number of aryl methyl sites for hydroxylation is 1. The van der Waals surface area contributed by atoms with Gasteiger partial charge >= 0.3 is 5.97 Å². The number of aromatic nitrogens is 1. The van der Waals surface area contributed by atoms with Crippen LogP contribution in [-0.4, -0.2) is 28.0 Å². The lowest BCUT2D eigenvalue weighted by Crippen LogP contribution is -2.39. The number of nitrogens with one attached hydrogen (secondary N) is 1. The normalized spacial score (nSPS) is 11.9. The van der Waals surface area contributed by atoms with Crippen LogP contribution in [0, 0.1) is 6.92 Å². The molecule has 0 aliphatic carbocycles. The van der Waals surface area contributed by atoms with Gasteiger partial charge in [-0.05, 0) is 19.9 Å². The van der Waals surface area contributed by atoms with Gasteiger partial charge in [-0.1, -0.05) is 23.8 Å². The lowest BCUT2D eigenvalue weighted by atomic mass is 10.1. The largest absolute Gasteiger partial charge is 0.480 e. The second-order valence-electron chi connectivity index (χ2n) is 4.82. The molecule has 0 aliphatic rings. The van der Waals surface area contributed by atoms with Gasteiger partial charge in [0.1, 0.15) is 11.0 Å². The Morgan fingerprint density at radius 3 is 2.86 bits per heavy atom. The minimum Gasteiger partial charge on any atom is -0.480 e. The summed E-state index contributed by atoms with van der Waals surface area (Å²) >= 11 is 1.47. The second-order valence-corrected chi connectivity index (χ2v) is 5.68. The molecule has 1 aromatic heterocycles. The molecule has 0 bridgehead atoms. The Morgan fingerprint density at radius 2 is 2.19 bits per heavy atom. The molecule has 0 unspecified atom stereocenters. The van der Waals surface area contributed by atoms with Crippen molar-refractivity contribution < 1.29 is 14.7 Å². The Kier molecular flexibility index (Phi) is 4.70. The fourth-order valence-electron chi connectivity index (χ4n) is 1.82. The molecule has 2 N–H and O–H groups in total. The van der Waals surface area contributed by atoms with Crippen LogP contribution in [0.3, 0.4) is 0 Å². The predicted molar refractivity (Wildman–Crippen MR) is 81.2 cm³/mol. The van der Waals surface area contributed by atoms with Gasteiger partial charge in [-0.25, -0.2) is 4.98 Å². The number of carboxylic acids is 1. The van der Waals surface area contributed by atoms with E-state index in [1.54, 1.807) is 0 Å². The highest BCUT2D eigenvalue weighted by molar-refractivity contribution is 7.13. The summed E-state index contributed by atoms with van der Waals surface area (Å²) in [5.74, 6) is -1.40. The van der Waals surface area contributed by atoms with Crippen LogP contribution in [0.25, 0.3) is 10.6 Å². The minimum absolute atomic E-state index is 0.0833. The molecule has 110 valence electrons. The van der Waals surface area contributed by atoms with Gasteiger partial charge in [0.05, 0.1) is 12.1 Å². The lowest BCUT2D eigenvalue weighted by molar-refractivity contribution is -0.141. The SMILES string of the molecule is Cc1cccc(-c2nc(CC(=O)N[C@@H](C)C(=O)O)cs2)c1. The smallest absolute Gasteiger partial charge is 0.325 e. The zero-order valence-corrected chi connectivity index (χ0v) is 12.6. The molecule has 6 heteroatoms. The average molecular weight is 304 g/mol. The summed E-state index contributed by atoms with van der Waals surface area (Å²) in [6.07, 6.45) is 0.0833. The molecule has 0 fully saturated rings. The maximum Gasteiger partial charge on any atom is 0.325 e. The highest BCUT2D eigenvalue weighted by Crippen LogP contribution is 2.24. The standard InChI is InChI=1S/C15H16N2O3S/c1-9-4-3-5-11(6-9)14-17-12(8-21-14)7-13(18)16-10(2)15(19)20/h3-6,8,10H,7H2,1-2H3,(H,16,18)(H,19,20)/t10-/m0/s1. The molecule has 2 aromatic rings. The van der Waals surface area contributed by atoms with Gasteiger partial charge in [-0.3, -0.25) is 9.59 Å². The average Bonchev–Trinajstić information content (AvgIpc) is 2.86. The Morgan fingerprint density at radius 1 is 1.43 bits per heavy atom. The van der Waals surface area contributed by atoms with Crippen molar-refractivity contribution in [3.8, 4) is 10.6 Å². The molecule has 0 saturated heterocycles. The quantitative estimate of drug-likeness (QED) is 0.888. The van der Waals surface area contributed by atoms with E-state index in [4.69, 9.17) is 5.11 Å². The molecular formula is C15H16N2O3S.